The van der Waals surface area contributed by atoms with Crippen LogP contribution in [0.5, 0.6) is 0 Å². The highest BCUT2D eigenvalue weighted by molar-refractivity contribution is 5.85. The fourth-order valence-corrected chi connectivity index (χ4v) is 2.43. The number of hydrogen-bond acceptors (Lipinski definition) is 3. The van der Waals surface area contributed by atoms with Crippen LogP contribution in [0.4, 0.5) is 13.2 Å². The van der Waals surface area contributed by atoms with E-state index in [1.807, 2.05) is 0 Å². The number of nitriles is 1. The average Bonchev–Trinajstić information content (AvgIpc) is 2.45. The Balaban J connectivity index is 0.00000220. The Morgan fingerprint density at radius 2 is 1.68 bits per heavy atom. The lowest BCUT2D eigenvalue weighted by Crippen LogP contribution is -2.45. The van der Waals surface area contributed by atoms with Crippen molar-refractivity contribution < 1.29 is 13.2 Å². The summed E-state index contributed by atoms with van der Waals surface area (Å²) in [7, 11) is 0. The lowest BCUT2D eigenvalue weighted by atomic mass is 10.00. The van der Waals surface area contributed by atoms with Crippen molar-refractivity contribution in [2.45, 2.75) is 18.6 Å². The van der Waals surface area contributed by atoms with Crippen LogP contribution in [0.2, 0.25) is 0 Å². The molecule has 0 aromatic heterocycles. The molecule has 1 atom stereocenters. The molecule has 1 aromatic rings. The number of benzene rings is 1. The summed E-state index contributed by atoms with van der Waals surface area (Å²) in [5.74, 6) is 0. The molecular weight excluding hydrogens is 338 g/mol. The molecule has 1 aliphatic heterocycles. The third-order valence-corrected chi connectivity index (χ3v) is 3.50. The Morgan fingerprint density at radius 1 is 1.14 bits per heavy atom. The molecule has 8 heteroatoms. The normalized spacial score (nSPS) is 16.8. The predicted molar refractivity (Wildman–Crippen MR) is 83.4 cm³/mol. The topological polar surface area (TPSA) is 39.1 Å². The molecule has 0 spiro atoms. The lowest BCUT2D eigenvalue weighted by molar-refractivity contribution is -0.137. The Labute approximate surface area is 140 Å². The van der Waals surface area contributed by atoms with Gasteiger partial charge in [-0.15, -0.1) is 24.8 Å². The standard InChI is InChI=1S/C14H16F3N3.2ClH/c15-14(16,17)12-3-1-11(2-4-12)13(5-6-18)20-9-7-19-8-10-20;;/h1-4,13,19H,5,7-10H2;2*1H/t13-;;/m0../s1. The molecule has 1 N–H and O–H groups in total. The number of nitrogens with one attached hydrogen (secondary N) is 1. The highest BCUT2D eigenvalue weighted by Crippen LogP contribution is 2.31. The molecule has 1 fully saturated rings. The van der Waals surface area contributed by atoms with Gasteiger partial charge in [0.1, 0.15) is 0 Å². The second-order valence-corrected chi connectivity index (χ2v) is 4.78. The zero-order valence-electron chi connectivity index (χ0n) is 11.8. The molecule has 0 bridgehead atoms. The summed E-state index contributed by atoms with van der Waals surface area (Å²) >= 11 is 0. The molecule has 1 saturated heterocycles. The summed E-state index contributed by atoms with van der Waals surface area (Å²) in [4.78, 5) is 2.14. The third kappa shape index (κ3) is 5.33. The molecule has 1 aliphatic rings. The van der Waals surface area contributed by atoms with E-state index in [1.165, 1.54) is 12.1 Å². The molecule has 124 valence electrons. The second kappa shape index (κ2) is 9.21. The molecular formula is C14H18Cl2F3N3. The predicted octanol–water partition coefficient (Wildman–Crippen LogP) is 3.41. The van der Waals surface area contributed by atoms with Gasteiger partial charge in [-0.1, -0.05) is 12.1 Å². The maximum Gasteiger partial charge on any atom is 0.416 e. The first-order valence-corrected chi connectivity index (χ1v) is 6.51. The molecule has 2 rings (SSSR count). The minimum absolute atomic E-state index is 0. The zero-order chi connectivity index (χ0) is 14.6. The lowest BCUT2D eigenvalue weighted by Gasteiger charge is -2.34. The van der Waals surface area contributed by atoms with Gasteiger partial charge >= 0.3 is 6.18 Å². The molecule has 3 nitrogen and oxygen atoms in total. The quantitative estimate of drug-likeness (QED) is 0.902. The monoisotopic (exact) mass is 355 g/mol. The van der Waals surface area contributed by atoms with Crippen molar-refractivity contribution in [2.24, 2.45) is 0 Å². The van der Waals surface area contributed by atoms with Gasteiger partial charge in [0.25, 0.3) is 0 Å². The van der Waals surface area contributed by atoms with Gasteiger partial charge in [-0.2, -0.15) is 18.4 Å². The van der Waals surface area contributed by atoms with Crippen LogP contribution in [-0.2, 0) is 6.18 Å². The van der Waals surface area contributed by atoms with Gasteiger partial charge in [0.05, 0.1) is 18.1 Å². The van der Waals surface area contributed by atoms with E-state index < -0.39 is 11.7 Å². The van der Waals surface area contributed by atoms with Crippen molar-refractivity contribution in [3.8, 4) is 6.07 Å². The van der Waals surface area contributed by atoms with Crippen LogP contribution in [0.3, 0.4) is 0 Å². The van der Waals surface area contributed by atoms with Crippen LogP contribution < -0.4 is 5.32 Å². The molecule has 0 aliphatic carbocycles. The van der Waals surface area contributed by atoms with Crippen LogP contribution in [0, 0.1) is 11.3 Å². The van der Waals surface area contributed by atoms with Crippen molar-refractivity contribution in [1.82, 2.24) is 10.2 Å². The zero-order valence-corrected chi connectivity index (χ0v) is 13.4. The van der Waals surface area contributed by atoms with E-state index in [1.54, 1.807) is 0 Å². The van der Waals surface area contributed by atoms with Crippen LogP contribution in [0.15, 0.2) is 24.3 Å². The first-order valence-electron chi connectivity index (χ1n) is 6.51. The van der Waals surface area contributed by atoms with Crippen molar-refractivity contribution in [1.29, 1.82) is 5.26 Å². The highest BCUT2D eigenvalue weighted by atomic mass is 35.5. The number of nitrogens with zero attached hydrogens (tertiary/aromatic N) is 2. The smallest absolute Gasteiger partial charge is 0.314 e. The Bertz CT molecular complexity index is 480. The van der Waals surface area contributed by atoms with Crippen molar-refractivity contribution in [2.75, 3.05) is 26.2 Å². The van der Waals surface area contributed by atoms with E-state index in [9.17, 15) is 13.2 Å². The summed E-state index contributed by atoms with van der Waals surface area (Å²) < 4.78 is 37.7. The van der Waals surface area contributed by atoms with Crippen molar-refractivity contribution in [3.05, 3.63) is 35.4 Å². The molecule has 0 unspecified atom stereocenters. The highest BCUT2D eigenvalue weighted by Gasteiger charge is 2.30. The summed E-state index contributed by atoms with van der Waals surface area (Å²) in [6, 6.07) is 7.12. The molecule has 0 amide bonds. The van der Waals surface area contributed by atoms with E-state index in [0.717, 1.165) is 43.9 Å². The minimum atomic E-state index is -4.32. The van der Waals surface area contributed by atoms with Gasteiger partial charge in [-0.3, -0.25) is 4.90 Å². The Morgan fingerprint density at radius 3 is 2.14 bits per heavy atom. The maximum absolute atomic E-state index is 12.6. The summed E-state index contributed by atoms with van der Waals surface area (Å²) in [5.41, 5.74) is 0.110. The minimum Gasteiger partial charge on any atom is -0.314 e. The van der Waals surface area contributed by atoms with Gasteiger partial charge in [0.15, 0.2) is 0 Å². The summed E-state index contributed by atoms with van der Waals surface area (Å²) in [5, 5.41) is 12.2. The average molecular weight is 356 g/mol. The van der Waals surface area contributed by atoms with Crippen LogP contribution in [-0.4, -0.2) is 31.1 Å². The fourth-order valence-electron chi connectivity index (χ4n) is 2.43. The molecule has 22 heavy (non-hydrogen) atoms. The first kappa shape index (κ1) is 21.0. The van der Waals surface area contributed by atoms with E-state index in [2.05, 4.69) is 16.3 Å². The SMILES string of the molecule is Cl.Cl.N#CC[C@@H](c1ccc(C(F)(F)F)cc1)N1CCNCC1. The number of hydrogen-bond donors (Lipinski definition) is 1. The van der Waals surface area contributed by atoms with Gasteiger partial charge in [0, 0.05) is 32.2 Å². The van der Waals surface area contributed by atoms with E-state index in [0.29, 0.717) is 0 Å². The fraction of sp³-hybridized carbons (Fsp3) is 0.500. The van der Waals surface area contributed by atoms with E-state index in [-0.39, 0.29) is 37.3 Å². The van der Waals surface area contributed by atoms with E-state index in [4.69, 9.17) is 5.26 Å². The van der Waals surface area contributed by atoms with E-state index >= 15 is 0 Å². The van der Waals surface area contributed by atoms with Gasteiger partial charge in [0.2, 0.25) is 0 Å². The van der Waals surface area contributed by atoms with Gasteiger partial charge < -0.3 is 5.32 Å². The Kier molecular flexibility index (Phi) is 8.79. The molecule has 1 aromatic carbocycles. The van der Waals surface area contributed by atoms with Crippen molar-refractivity contribution in [3.63, 3.8) is 0 Å². The van der Waals surface area contributed by atoms with Crippen molar-refractivity contribution >= 4 is 24.8 Å². The first-order chi connectivity index (χ1) is 9.52. The van der Waals surface area contributed by atoms with Gasteiger partial charge in [-0.05, 0) is 17.7 Å². The second-order valence-electron chi connectivity index (χ2n) is 4.78. The number of piperazine rings is 1. The maximum atomic E-state index is 12.6. The molecule has 1 heterocycles. The van der Waals surface area contributed by atoms with Crippen LogP contribution in [0.1, 0.15) is 23.6 Å². The summed E-state index contributed by atoms with van der Waals surface area (Å²) in [6.07, 6.45) is -4.04. The van der Waals surface area contributed by atoms with Crippen LogP contribution >= 0.6 is 24.8 Å². The summed E-state index contributed by atoms with van der Waals surface area (Å²) in [6.45, 7) is 3.27. The third-order valence-electron chi connectivity index (χ3n) is 3.50. The largest absolute Gasteiger partial charge is 0.416 e. The van der Waals surface area contributed by atoms with Gasteiger partial charge in [-0.25, -0.2) is 0 Å². The number of alkyl halides is 3. The Hall–Kier alpha value is -1.00. The van der Waals surface area contributed by atoms with Crippen LogP contribution in [0.25, 0.3) is 0 Å². The number of halogens is 5. The number of rotatable bonds is 3. The molecule has 0 radical (unpaired) electrons. The molecule has 0 saturated carbocycles.